The van der Waals surface area contributed by atoms with Crippen molar-refractivity contribution in [2.24, 2.45) is 0 Å². The molecule has 0 spiro atoms. The van der Waals surface area contributed by atoms with Crippen LogP contribution in [0.1, 0.15) is 23.0 Å². The fourth-order valence-electron chi connectivity index (χ4n) is 3.59. The van der Waals surface area contributed by atoms with Crippen molar-refractivity contribution < 1.29 is 9.53 Å². The van der Waals surface area contributed by atoms with Crippen molar-refractivity contribution in [2.75, 3.05) is 0 Å². The molecule has 0 N–H and O–H groups in total. The average molecular weight is 405 g/mol. The highest BCUT2D eigenvalue weighted by molar-refractivity contribution is 5.97. The van der Waals surface area contributed by atoms with Crippen LogP contribution in [0, 0.1) is 0 Å². The van der Waals surface area contributed by atoms with Gasteiger partial charge in [-0.05, 0) is 43.3 Å². The van der Waals surface area contributed by atoms with E-state index in [-0.39, 0.29) is 5.78 Å². The van der Waals surface area contributed by atoms with Gasteiger partial charge in [0.05, 0.1) is 22.4 Å². The maximum atomic E-state index is 11.8. The van der Waals surface area contributed by atoms with Crippen LogP contribution in [0.15, 0.2) is 85.2 Å². The Bertz CT molecular complexity index is 1430. The highest BCUT2D eigenvalue weighted by Crippen LogP contribution is 2.29. The third-order valence-electron chi connectivity index (χ3n) is 5.19. The van der Waals surface area contributed by atoms with Gasteiger partial charge in [-0.15, -0.1) is 0 Å². The molecule has 0 fully saturated rings. The molecular formula is C26H19N3O2. The molecule has 0 amide bonds. The standard InChI is InChI=1S/C26H19N3O2/c1-17(30)19-6-4-7-20(13-19)26-23-14-22(11-12-25(23)27-16-28-26)31-15-21-10-9-18-5-2-3-8-24(18)29-21/h2-14,16H,15H2,1H3. The quantitative estimate of drug-likeness (QED) is 0.355. The maximum Gasteiger partial charge on any atom is 0.159 e. The number of ketones is 1. The van der Waals surface area contributed by atoms with E-state index in [1.54, 1.807) is 13.0 Å². The van der Waals surface area contributed by atoms with Crippen LogP contribution in [0.4, 0.5) is 0 Å². The van der Waals surface area contributed by atoms with Gasteiger partial charge in [0.25, 0.3) is 0 Å². The Morgan fingerprint density at radius 1 is 0.871 bits per heavy atom. The molecule has 5 heteroatoms. The van der Waals surface area contributed by atoms with E-state index < -0.39 is 0 Å². The number of para-hydroxylation sites is 1. The van der Waals surface area contributed by atoms with E-state index in [2.05, 4.69) is 21.0 Å². The van der Waals surface area contributed by atoms with Gasteiger partial charge in [-0.1, -0.05) is 42.5 Å². The van der Waals surface area contributed by atoms with E-state index >= 15 is 0 Å². The molecule has 2 aromatic heterocycles. The Morgan fingerprint density at radius 2 is 1.77 bits per heavy atom. The summed E-state index contributed by atoms with van der Waals surface area (Å²) in [5.74, 6) is 0.730. The van der Waals surface area contributed by atoms with Crippen LogP contribution in [-0.2, 0) is 6.61 Å². The van der Waals surface area contributed by atoms with Crippen molar-refractivity contribution in [1.29, 1.82) is 0 Å². The van der Waals surface area contributed by atoms with Crippen LogP contribution < -0.4 is 4.74 Å². The van der Waals surface area contributed by atoms with Gasteiger partial charge in [0.2, 0.25) is 0 Å². The summed E-state index contributed by atoms with van der Waals surface area (Å²) in [7, 11) is 0. The predicted octanol–water partition coefficient (Wildman–Crippen LogP) is 5.63. The van der Waals surface area contributed by atoms with E-state index in [4.69, 9.17) is 4.74 Å². The molecule has 0 unspecified atom stereocenters. The first kappa shape index (κ1) is 18.9. The van der Waals surface area contributed by atoms with E-state index in [0.29, 0.717) is 17.9 Å². The molecule has 0 aliphatic rings. The third-order valence-corrected chi connectivity index (χ3v) is 5.19. The Labute approximate surface area is 179 Å². The van der Waals surface area contributed by atoms with Crippen molar-refractivity contribution in [3.05, 3.63) is 96.4 Å². The fourth-order valence-corrected chi connectivity index (χ4v) is 3.59. The highest BCUT2D eigenvalue weighted by atomic mass is 16.5. The minimum absolute atomic E-state index is 0.0205. The number of hydrogen-bond donors (Lipinski definition) is 0. The smallest absolute Gasteiger partial charge is 0.159 e. The summed E-state index contributed by atoms with van der Waals surface area (Å²) >= 11 is 0. The maximum absolute atomic E-state index is 11.8. The number of Topliss-reactive ketones (excluding diaryl/α,β-unsaturated/α-hetero) is 1. The number of hydrogen-bond acceptors (Lipinski definition) is 5. The SMILES string of the molecule is CC(=O)c1cccc(-c2ncnc3ccc(OCc4ccc5ccccc5n4)cc23)c1. The zero-order chi connectivity index (χ0) is 21.2. The van der Waals surface area contributed by atoms with Gasteiger partial charge >= 0.3 is 0 Å². The molecule has 2 heterocycles. The van der Waals surface area contributed by atoms with Crippen LogP contribution in [-0.4, -0.2) is 20.7 Å². The van der Waals surface area contributed by atoms with Gasteiger partial charge in [0.15, 0.2) is 5.78 Å². The third kappa shape index (κ3) is 3.85. The number of carbonyl (C=O) groups excluding carboxylic acids is 1. The van der Waals surface area contributed by atoms with Crippen LogP contribution >= 0.6 is 0 Å². The number of ether oxygens (including phenoxy) is 1. The Balaban J connectivity index is 1.47. The molecule has 31 heavy (non-hydrogen) atoms. The summed E-state index contributed by atoms with van der Waals surface area (Å²) in [4.78, 5) is 25.3. The molecule has 5 nitrogen and oxygen atoms in total. The molecule has 0 saturated heterocycles. The second-order valence-corrected chi connectivity index (χ2v) is 7.32. The Hall–Kier alpha value is -4.12. The van der Waals surface area contributed by atoms with Gasteiger partial charge < -0.3 is 4.74 Å². The lowest BCUT2D eigenvalue weighted by Crippen LogP contribution is -1.99. The van der Waals surface area contributed by atoms with Crippen molar-refractivity contribution >= 4 is 27.6 Å². The normalized spacial score (nSPS) is 11.0. The second kappa shape index (κ2) is 7.95. The van der Waals surface area contributed by atoms with Crippen molar-refractivity contribution in [1.82, 2.24) is 15.0 Å². The molecule has 0 radical (unpaired) electrons. The number of pyridine rings is 1. The average Bonchev–Trinajstić information content (AvgIpc) is 2.82. The number of fused-ring (bicyclic) bond motifs is 2. The van der Waals surface area contributed by atoms with Crippen LogP contribution in [0.5, 0.6) is 5.75 Å². The van der Waals surface area contributed by atoms with Crippen LogP contribution in [0.3, 0.4) is 0 Å². The topological polar surface area (TPSA) is 65.0 Å². The molecule has 0 aliphatic heterocycles. The Morgan fingerprint density at radius 3 is 2.68 bits per heavy atom. The van der Waals surface area contributed by atoms with Crippen molar-refractivity contribution in [3.63, 3.8) is 0 Å². The van der Waals surface area contributed by atoms with E-state index in [1.807, 2.05) is 66.7 Å². The van der Waals surface area contributed by atoms with Crippen LogP contribution in [0.25, 0.3) is 33.1 Å². The molecule has 3 aromatic carbocycles. The molecule has 0 aliphatic carbocycles. The van der Waals surface area contributed by atoms with Gasteiger partial charge in [0.1, 0.15) is 18.7 Å². The first-order valence-electron chi connectivity index (χ1n) is 10.0. The monoisotopic (exact) mass is 405 g/mol. The van der Waals surface area contributed by atoms with Gasteiger partial charge in [-0.25, -0.2) is 15.0 Å². The molecular weight excluding hydrogens is 386 g/mol. The predicted molar refractivity (Wildman–Crippen MR) is 121 cm³/mol. The number of benzene rings is 3. The fraction of sp³-hybridized carbons (Fsp3) is 0.0769. The molecule has 5 aromatic rings. The van der Waals surface area contributed by atoms with Crippen LogP contribution in [0.2, 0.25) is 0 Å². The summed E-state index contributed by atoms with van der Waals surface area (Å²) in [5, 5.41) is 1.97. The molecule has 0 saturated carbocycles. The van der Waals surface area contributed by atoms with Crippen molar-refractivity contribution in [2.45, 2.75) is 13.5 Å². The molecule has 0 bridgehead atoms. The zero-order valence-corrected chi connectivity index (χ0v) is 16.9. The number of nitrogens with zero attached hydrogens (tertiary/aromatic N) is 3. The largest absolute Gasteiger partial charge is 0.487 e. The number of aromatic nitrogens is 3. The van der Waals surface area contributed by atoms with Crippen molar-refractivity contribution in [3.8, 4) is 17.0 Å². The minimum Gasteiger partial charge on any atom is -0.487 e. The summed E-state index contributed by atoms with van der Waals surface area (Å²) in [5.41, 5.74) is 4.91. The number of carbonyl (C=O) groups is 1. The first-order chi connectivity index (χ1) is 15.2. The lowest BCUT2D eigenvalue weighted by molar-refractivity contribution is 0.101. The van der Waals surface area contributed by atoms with E-state index in [9.17, 15) is 4.79 Å². The summed E-state index contributed by atoms with van der Waals surface area (Å²) < 4.78 is 6.03. The second-order valence-electron chi connectivity index (χ2n) is 7.32. The van der Waals surface area contributed by atoms with E-state index in [1.165, 1.54) is 6.33 Å². The highest BCUT2D eigenvalue weighted by Gasteiger charge is 2.10. The minimum atomic E-state index is 0.0205. The summed E-state index contributed by atoms with van der Waals surface area (Å²) in [6.07, 6.45) is 1.54. The lowest BCUT2D eigenvalue weighted by Gasteiger charge is -2.10. The molecule has 150 valence electrons. The Kier molecular flexibility index (Phi) is 4.84. The van der Waals surface area contributed by atoms with E-state index in [0.717, 1.165) is 38.8 Å². The number of rotatable bonds is 5. The zero-order valence-electron chi connectivity index (χ0n) is 16.9. The van der Waals surface area contributed by atoms with Gasteiger partial charge in [-0.3, -0.25) is 4.79 Å². The molecule has 5 rings (SSSR count). The molecule has 0 atom stereocenters. The summed E-state index contributed by atoms with van der Waals surface area (Å²) in [6, 6.07) is 25.3. The van der Waals surface area contributed by atoms with Gasteiger partial charge in [0, 0.05) is 21.9 Å². The summed E-state index contributed by atoms with van der Waals surface area (Å²) in [6.45, 7) is 1.92. The lowest BCUT2D eigenvalue weighted by atomic mass is 10.0. The van der Waals surface area contributed by atoms with Gasteiger partial charge in [-0.2, -0.15) is 0 Å². The first-order valence-corrected chi connectivity index (χ1v) is 10.0.